The summed E-state index contributed by atoms with van der Waals surface area (Å²) in [5, 5.41) is 59.3. The molecule has 3 rings (SSSR count). The van der Waals surface area contributed by atoms with Crippen LogP contribution in [-0.2, 0) is 14.4 Å². The van der Waals surface area contributed by atoms with E-state index in [1.165, 1.54) is 16.7 Å². The van der Waals surface area contributed by atoms with Gasteiger partial charge < -0.3 is 30.6 Å². The van der Waals surface area contributed by atoms with E-state index in [9.17, 15) is 29.7 Å². The molecule has 9 nitrogen and oxygen atoms in total. The third-order valence-corrected chi connectivity index (χ3v) is 12.6. The van der Waals surface area contributed by atoms with E-state index in [0.29, 0.717) is 38.5 Å². The van der Waals surface area contributed by atoms with Crippen LogP contribution in [0, 0.1) is 32.5 Å². The molecule has 0 amide bonds. The molecule has 350 valence electrons. The Kier molecular flexibility index (Phi) is 19.4. The topological polar surface area (TPSA) is 173 Å². The molecule has 0 bridgehead atoms. The summed E-state index contributed by atoms with van der Waals surface area (Å²) in [6.07, 6.45) is 15.0. The van der Waals surface area contributed by atoms with Crippen molar-refractivity contribution >= 4 is 17.9 Å². The first-order chi connectivity index (χ1) is 26.6. The molecular weight excluding hydrogens is 769 g/mol. The Hall–Kier alpha value is -3.27. The summed E-state index contributed by atoms with van der Waals surface area (Å²) in [6.45, 7) is 37.3. The van der Waals surface area contributed by atoms with Gasteiger partial charge in [-0.05, 0) is 68.5 Å². The standard InChI is InChI=1S/3C17H28O3.CH4/c3*1-15(2,3)13-11-17(20,16(4,5)6)10-9-12(13)7-8-14(18)19;/h3*9-10,20H,7-8,11H2,1-6H3,(H,18,19);1H4. The van der Waals surface area contributed by atoms with E-state index < -0.39 is 34.7 Å². The molecule has 0 aromatic carbocycles. The molecule has 0 spiro atoms. The monoisotopic (exact) mass is 857 g/mol. The molecule has 61 heavy (non-hydrogen) atoms. The van der Waals surface area contributed by atoms with Gasteiger partial charge in [0, 0.05) is 38.5 Å². The highest BCUT2D eigenvalue weighted by molar-refractivity contribution is 5.68. The predicted molar refractivity (Wildman–Crippen MR) is 251 cm³/mol. The average Bonchev–Trinajstić information content (AvgIpc) is 3.04. The Morgan fingerprint density at radius 1 is 0.426 bits per heavy atom. The number of allylic oxidation sites excluding steroid dienone is 6. The Balaban J connectivity index is 0.000000878. The van der Waals surface area contributed by atoms with Crippen LogP contribution >= 0.6 is 0 Å². The number of aliphatic hydroxyl groups is 3. The zero-order chi connectivity index (χ0) is 47.3. The van der Waals surface area contributed by atoms with Gasteiger partial charge in [-0.1, -0.05) is 185 Å². The second kappa shape index (κ2) is 20.5. The Bertz CT molecular complexity index is 1540. The summed E-state index contributed by atoms with van der Waals surface area (Å²) in [5.41, 5.74) is 3.10. The molecule has 0 fully saturated rings. The summed E-state index contributed by atoms with van der Waals surface area (Å²) >= 11 is 0. The fraction of sp³-hybridized carbons (Fsp3) is 0.712. The molecule has 3 aliphatic carbocycles. The van der Waals surface area contributed by atoms with Crippen molar-refractivity contribution < 1.29 is 45.0 Å². The molecule has 3 unspecified atom stereocenters. The minimum atomic E-state index is -0.873. The minimum Gasteiger partial charge on any atom is -0.481 e. The van der Waals surface area contributed by atoms with E-state index in [4.69, 9.17) is 15.3 Å². The van der Waals surface area contributed by atoms with Gasteiger partial charge in [-0.2, -0.15) is 0 Å². The van der Waals surface area contributed by atoms with E-state index in [1.54, 1.807) is 0 Å². The lowest BCUT2D eigenvalue weighted by atomic mass is 9.65. The maximum atomic E-state index is 10.9. The van der Waals surface area contributed by atoms with Crippen molar-refractivity contribution in [1.29, 1.82) is 0 Å². The van der Waals surface area contributed by atoms with E-state index >= 15 is 0 Å². The number of carboxylic acids is 3. The second-order valence-electron chi connectivity index (χ2n) is 23.5. The normalized spacial score (nSPS) is 23.8. The van der Waals surface area contributed by atoms with Gasteiger partial charge >= 0.3 is 17.9 Å². The molecule has 0 aliphatic heterocycles. The molecule has 3 aliphatic rings. The lowest BCUT2D eigenvalue weighted by molar-refractivity contribution is -0.138. The molecule has 0 radical (unpaired) electrons. The van der Waals surface area contributed by atoms with Crippen molar-refractivity contribution in [3.63, 3.8) is 0 Å². The van der Waals surface area contributed by atoms with Crippen molar-refractivity contribution in [1.82, 2.24) is 0 Å². The number of rotatable bonds is 9. The van der Waals surface area contributed by atoms with Crippen molar-refractivity contribution in [2.24, 2.45) is 32.5 Å². The van der Waals surface area contributed by atoms with Crippen LogP contribution in [0.15, 0.2) is 69.9 Å². The minimum absolute atomic E-state index is 0. The average molecular weight is 857 g/mol. The van der Waals surface area contributed by atoms with E-state index in [1.807, 2.05) is 98.8 Å². The smallest absolute Gasteiger partial charge is 0.303 e. The molecule has 0 saturated carbocycles. The van der Waals surface area contributed by atoms with Crippen LogP contribution in [-0.4, -0.2) is 65.4 Å². The van der Waals surface area contributed by atoms with Gasteiger partial charge in [0.05, 0.1) is 16.8 Å². The molecule has 0 saturated heterocycles. The van der Waals surface area contributed by atoms with E-state index in [-0.39, 0.29) is 59.2 Å². The van der Waals surface area contributed by atoms with Gasteiger partial charge in [-0.3, -0.25) is 14.4 Å². The third kappa shape index (κ3) is 16.4. The number of carbonyl (C=O) groups is 3. The Morgan fingerprint density at radius 3 is 0.738 bits per heavy atom. The first-order valence-electron chi connectivity index (χ1n) is 21.7. The van der Waals surface area contributed by atoms with Gasteiger partial charge in [0.25, 0.3) is 0 Å². The zero-order valence-electron chi connectivity index (χ0n) is 40.7. The molecule has 0 aromatic rings. The second-order valence-corrected chi connectivity index (χ2v) is 23.5. The quantitative estimate of drug-likeness (QED) is 0.132. The number of hydrogen-bond acceptors (Lipinski definition) is 6. The molecular formula is C52H88O9. The van der Waals surface area contributed by atoms with E-state index in [2.05, 4.69) is 62.3 Å². The Labute approximate surface area is 370 Å². The van der Waals surface area contributed by atoms with Crippen LogP contribution in [0.2, 0.25) is 0 Å². The van der Waals surface area contributed by atoms with E-state index in [0.717, 1.165) is 16.7 Å². The summed E-state index contributed by atoms with van der Waals surface area (Å²) in [4.78, 5) is 32.4. The number of aliphatic carboxylic acids is 3. The van der Waals surface area contributed by atoms with Crippen molar-refractivity contribution in [3.8, 4) is 0 Å². The highest BCUT2D eigenvalue weighted by atomic mass is 16.4. The summed E-state index contributed by atoms with van der Waals surface area (Å²) < 4.78 is 0. The van der Waals surface area contributed by atoms with Gasteiger partial charge in [-0.25, -0.2) is 0 Å². The van der Waals surface area contributed by atoms with Crippen LogP contribution in [0.25, 0.3) is 0 Å². The lowest BCUT2D eigenvalue weighted by Gasteiger charge is -2.44. The molecule has 6 N–H and O–H groups in total. The highest BCUT2D eigenvalue weighted by Gasteiger charge is 2.45. The molecule has 9 heteroatoms. The summed E-state index contributed by atoms with van der Waals surface area (Å²) in [5.74, 6) is -2.34. The van der Waals surface area contributed by atoms with Gasteiger partial charge in [0.1, 0.15) is 0 Å². The van der Waals surface area contributed by atoms with Gasteiger partial charge in [0.2, 0.25) is 0 Å². The van der Waals surface area contributed by atoms with Crippen molar-refractivity contribution in [3.05, 3.63) is 69.9 Å². The summed E-state index contributed by atoms with van der Waals surface area (Å²) in [6, 6.07) is 0. The number of carboxylic acid groups (broad SMARTS) is 3. The predicted octanol–water partition coefficient (Wildman–Crippen LogP) is 12.4. The first-order valence-corrected chi connectivity index (χ1v) is 21.7. The molecule has 3 atom stereocenters. The van der Waals surface area contributed by atoms with Crippen molar-refractivity contribution in [2.45, 2.75) is 207 Å². The molecule has 0 aromatic heterocycles. The maximum absolute atomic E-state index is 10.9. The van der Waals surface area contributed by atoms with Crippen LogP contribution in [0.1, 0.15) is 190 Å². The van der Waals surface area contributed by atoms with Crippen LogP contribution in [0.3, 0.4) is 0 Å². The van der Waals surface area contributed by atoms with Crippen molar-refractivity contribution in [2.75, 3.05) is 0 Å². The largest absolute Gasteiger partial charge is 0.481 e. The van der Waals surface area contributed by atoms with Crippen LogP contribution < -0.4 is 0 Å². The van der Waals surface area contributed by atoms with Gasteiger partial charge in [-0.15, -0.1) is 0 Å². The lowest BCUT2D eigenvalue weighted by Crippen LogP contribution is -2.44. The fourth-order valence-electron chi connectivity index (χ4n) is 7.56. The van der Waals surface area contributed by atoms with Crippen LogP contribution in [0.4, 0.5) is 0 Å². The third-order valence-electron chi connectivity index (χ3n) is 12.6. The zero-order valence-corrected chi connectivity index (χ0v) is 40.7. The molecule has 0 heterocycles. The Morgan fingerprint density at radius 2 is 0.607 bits per heavy atom. The maximum Gasteiger partial charge on any atom is 0.303 e. The van der Waals surface area contributed by atoms with Gasteiger partial charge in [0.15, 0.2) is 0 Å². The van der Waals surface area contributed by atoms with Crippen LogP contribution in [0.5, 0.6) is 0 Å². The first kappa shape index (κ1) is 57.7. The number of hydrogen-bond donors (Lipinski definition) is 6. The SMILES string of the molecule is C.CC(C)(C)C1=C(CCC(=O)O)C=CC(O)(C(C)(C)C)C1.CC(C)(C)C1=C(CCC(=O)O)C=CC(O)(C(C)(C)C)C1.CC(C)(C)C1=C(CCC(=O)O)C=CC(O)(C(C)(C)C)C1. The fourth-order valence-corrected chi connectivity index (χ4v) is 7.56. The highest BCUT2D eigenvalue weighted by Crippen LogP contribution is 2.49. The summed E-state index contributed by atoms with van der Waals surface area (Å²) in [7, 11) is 0.